The summed E-state index contributed by atoms with van der Waals surface area (Å²) in [4.78, 5) is 33.0. The normalized spacial score (nSPS) is 18.0. The van der Waals surface area contributed by atoms with Crippen molar-refractivity contribution in [3.8, 4) is 5.75 Å². The van der Waals surface area contributed by atoms with Crippen LogP contribution in [0.25, 0.3) is 0 Å². The zero-order chi connectivity index (χ0) is 22.6. The summed E-state index contributed by atoms with van der Waals surface area (Å²) in [6.07, 6.45) is 3.95. The van der Waals surface area contributed by atoms with Gasteiger partial charge in [0.05, 0.1) is 12.5 Å². The maximum absolute atomic E-state index is 12.5. The number of hydrogen-bond donors (Lipinski definition) is 1. The summed E-state index contributed by atoms with van der Waals surface area (Å²) in [5.74, 6) is 1.33. The quantitative estimate of drug-likeness (QED) is 0.622. The lowest BCUT2D eigenvalue weighted by atomic mass is 9.99. The number of nitrogens with one attached hydrogen (secondary N) is 1. The second-order valence-corrected chi connectivity index (χ2v) is 8.19. The van der Waals surface area contributed by atoms with Crippen molar-refractivity contribution in [1.29, 1.82) is 0 Å². The lowest BCUT2D eigenvalue weighted by Gasteiger charge is -2.38. The van der Waals surface area contributed by atoms with E-state index in [9.17, 15) is 9.59 Å². The number of amides is 2. The fraction of sp³-hybridized carbons (Fsp3) is 0.292. The smallest absolute Gasteiger partial charge is 0.272 e. The number of rotatable bonds is 6. The highest BCUT2D eigenvalue weighted by Crippen LogP contribution is 2.25. The van der Waals surface area contributed by atoms with E-state index in [2.05, 4.69) is 20.5 Å². The van der Waals surface area contributed by atoms with Gasteiger partial charge in [0.1, 0.15) is 17.5 Å². The molecule has 33 heavy (non-hydrogen) atoms. The first-order chi connectivity index (χ1) is 16.2. The van der Waals surface area contributed by atoms with Crippen LogP contribution in [0, 0.1) is 5.92 Å². The Morgan fingerprint density at radius 2 is 1.82 bits per heavy atom. The molecule has 5 rings (SSSR count). The van der Waals surface area contributed by atoms with E-state index in [-0.39, 0.29) is 23.8 Å². The number of pyridine rings is 1. The van der Waals surface area contributed by atoms with Gasteiger partial charge >= 0.3 is 0 Å². The van der Waals surface area contributed by atoms with Crippen LogP contribution < -0.4 is 15.0 Å². The molecule has 2 fully saturated rings. The number of carbonyl (C=O) groups excluding carboxylic acids is 2. The van der Waals surface area contributed by atoms with Crippen LogP contribution in [0.15, 0.2) is 67.0 Å². The SMILES string of the molecule is O=C(Nc1ccc(O[C@@H]2CCN(C(=O)c3ccccn3)C2)cc1)C1CN(c2cccnn2)C1. The first kappa shape index (κ1) is 20.9. The van der Waals surface area contributed by atoms with Crippen molar-refractivity contribution >= 4 is 23.3 Å². The fourth-order valence-electron chi connectivity index (χ4n) is 4.01. The molecule has 0 saturated carbocycles. The van der Waals surface area contributed by atoms with E-state index < -0.39 is 0 Å². The van der Waals surface area contributed by atoms with Crippen molar-refractivity contribution in [3.05, 3.63) is 72.7 Å². The number of ether oxygens (including phenoxy) is 1. The Kier molecular flexibility index (Phi) is 5.84. The third-order valence-electron chi connectivity index (χ3n) is 5.88. The molecule has 2 saturated heterocycles. The molecule has 2 amide bonds. The van der Waals surface area contributed by atoms with Gasteiger partial charge < -0.3 is 19.9 Å². The van der Waals surface area contributed by atoms with Gasteiger partial charge in [0.15, 0.2) is 5.82 Å². The van der Waals surface area contributed by atoms with E-state index in [1.54, 1.807) is 29.4 Å². The Hall–Kier alpha value is -4.01. The average molecular weight is 444 g/mol. The standard InChI is InChI=1S/C24H24N6O3/c31-23(17-14-30(15-17)22-5-3-12-26-28-22)27-18-6-8-19(9-7-18)33-20-10-13-29(16-20)24(32)21-4-1-2-11-25-21/h1-9,11-12,17,20H,10,13-16H2,(H,27,31)/t20-/m1/s1. The number of carbonyl (C=O) groups is 2. The third-order valence-corrected chi connectivity index (χ3v) is 5.88. The minimum Gasteiger partial charge on any atom is -0.489 e. The van der Waals surface area contributed by atoms with Gasteiger partial charge in [-0.2, -0.15) is 5.10 Å². The van der Waals surface area contributed by atoms with E-state index in [1.807, 2.05) is 47.4 Å². The molecule has 0 radical (unpaired) electrons. The number of aromatic nitrogens is 3. The van der Waals surface area contributed by atoms with Crippen LogP contribution in [0.3, 0.4) is 0 Å². The molecule has 1 aromatic carbocycles. The molecule has 9 heteroatoms. The molecule has 4 heterocycles. The van der Waals surface area contributed by atoms with Crippen LogP contribution in [0.2, 0.25) is 0 Å². The Bertz CT molecular complexity index is 1100. The summed E-state index contributed by atoms with van der Waals surface area (Å²) in [7, 11) is 0. The van der Waals surface area contributed by atoms with Crippen LogP contribution in [0.1, 0.15) is 16.9 Å². The minimum atomic E-state index is -0.0796. The second kappa shape index (κ2) is 9.23. The van der Waals surface area contributed by atoms with Gasteiger partial charge in [0, 0.05) is 44.1 Å². The number of anilines is 2. The molecule has 2 aliphatic rings. The van der Waals surface area contributed by atoms with E-state index in [4.69, 9.17) is 4.74 Å². The Morgan fingerprint density at radius 1 is 0.970 bits per heavy atom. The summed E-state index contributed by atoms with van der Waals surface area (Å²) in [5.41, 5.74) is 1.17. The van der Waals surface area contributed by atoms with Gasteiger partial charge in [-0.1, -0.05) is 6.07 Å². The Morgan fingerprint density at radius 3 is 2.55 bits per heavy atom. The summed E-state index contributed by atoms with van der Waals surface area (Å²) in [6.45, 7) is 2.42. The first-order valence-electron chi connectivity index (χ1n) is 11.0. The number of hydrogen-bond acceptors (Lipinski definition) is 7. The zero-order valence-corrected chi connectivity index (χ0v) is 18.0. The fourth-order valence-corrected chi connectivity index (χ4v) is 4.01. The van der Waals surface area contributed by atoms with Crippen LogP contribution in [-0.2, 0) is 4.79 Å². The average Bonchev–Trinajstić information content (AvgIpc) is 3.29. The van der Waals surface area contributed by atoms with E-state index in [0.717, 1.165) is 17.9 Å². The number of likely N-dealkylation sites (tertiary alicyclic amines) is 1. The Labute approximate surface area is 191 Å². The highest BCUT2D eigenvalue weighted by Gasteiger charge is 2.33. The molecule has 0 bridgehead atoms. The van der Waals surface area contributed by atoms with E-state index in [0.29, 0.717) is 37.6 Å². The van der Waals surface area contributed by atoms with Crippen molar-refractivity contribution in [1.82, 2.24) is 20.1 Å². The second-order valence-electron chi connectivity index (χ2n) is 8.19. The summed E-state index contributed by atoms with van der Waals surface area (Å²) < 4.78 is 6.05. The predicted molar refractivity (Wildman–Crippen MR) is 122 cm³/mol. The zero-order valence-electron chi connectivity index (χ0n) is 18.0. The summed E-state index contributed by atoms with van der Waals surface area (Å²) >= 11 is 0. The summed E-state index contributed by atoms with van der Waals surface area (Å²) in [6, 6.07) is 16.4. The van der Waals surface area contributed by atoms with Crippen molar-refractivity contribution < 1.29 is 14.3 Å². The van der Waals surface area contributed by atoms with Crippen LogP contribution >= 0.6 is 0 Å². The minimum absolute atomic E-state index is 0.0109. The van der Waals surface area contributed by atoms with Crippen molar-refractivity contribution in [3.63, 3.8) is 0 Å². The highest BCUT2D eigenvalue weighted by atomic mass is 16.5. The van der Waals surface area contributed by atoms with Crippen molar-refractivity contribution in [2.75, 3.05) is 36.4 Å². The number of nitrogens with zero attached hydrogens (tertiary/aromatic N) is 5. The van der Waals surface area contributed by atoms with Crippen LogP contribution in [-0.4, -0.2) is 64.2 Å². The third kappa shape index (κ3) is 4.77. The molecule has 0 spiro atoms. The van der Waals surface area contributed by atoms with Gasteiger partial charge in [-0.05, 0) is 48.5 Å². The van der Waals surface area contributed by atoms with Crippen molar-refractivity contribution in [2.24, 2.45) is 5.92 Å². The van der Waals surface area contributed by atoms with Crippen LogP contribution in [0.5, 0.6) is 5.75 Å². The lowest BCUT2D eigenvalue weighted by molar-refractivity contribution is -0.120. The maximum Gasteiger partial charge on any atom is 0.272 e. The molecule has 3 aromatic rings. The molecule has 2 aromatic heterocycles. The maximum atomic E-state index is 12.5. The van der Waals surface area contributed by atoms with Gasteiger partial charge in [-0.15, -0.1) is 5.10 Å². The number of benzene rings is 1. The van der Waals surface area contributed by atoms with Crippen LogP contribution in [0.4, 0.5) is 11.5 Å². The van der Waals surface area contributed by atoms with Gasteiger partial charge in [0.2, 0.25) is 5.91 Å². The molecule has 1 atom stereocenters. The van der Waals surface area contributed by atoms with E-state index >= 15 is 0 Å². The monoisotopic (exact) mass is 444 g/mol. The first-order valence-corrected chi connectivity index (χ1v) is 11.0. The molecule has 9 nitrogen and oxygen atoms in total. The van der Waals surface area contributed by atoms with Gasteiger partial charge in [-0.25, -0.2) is 0 Å². The lowest BCUT2D eigenvalue weighted by Crippen LogP contribution is -2.52. The molecule has 168 valence electrons. The van der Waals surface area contributed by atoms with Gasteiger partial charge in [-0.3, -0.25) is 14.6 Å². The molecule has 0 unspecified atom stereocenters. The summed E-state index contributed by atoms with van der Waals surface area (Å²) in [5, 5.41) is 10.9. The topological polar surface area (TPSA) is 101 Å². The largest absolute Gasteiger partial charge is 0.489 e. The molecular weight excluding hydrogens is 420 g/mol. The highest BCUT2D eigenvalue weighted by molar-refractivity contribution is 5.94. The van der Waals surface area contributed by atoms with Gasteiger partial charge in [0.25, 0.3) is 5.91 Å². The Balaban J connectivity index is 1.09. The van der Waals surface area contributed by atoms with Crippen molar-refractivity contribution in [2.45, 2.75) is 12.5 Å². The molecule has 0 aliphatic carbocycles. The molecule has 2 aliphatic heterocycles. The predicted octanol–water partition coefficient (Wildman–Crippen LogP) is 2.24. The molecular formula is C24H24N6O3. The van der Waals surface area contributed by atoms with E-state index in [1.165, 1.54) is 0 Å². The molecule has 1 N–H and O–H groups in total.